The first-order chi connectivity index (χ1) is 15.6. The van der Waals surface area contributed by atoms with E-state index in [0.29, 0.717) is 17.8 Å². The molecule has 2 aliphatic rings. The van der Waals surface area contributed by atoms with Crippen LogP contribution in [0.4, 0.5) is 4.39 Å². The molecule has 5 rings (SSSR count). The molecule has 1 aliphatic carbocycles. The number of halogens is 2. The number of fused-ring (bicyclic) bond motifs is 1. The minimum absolute atomic E-state index is 0.188. The maximum atomic E-state index is 13.8. The maximum absolute atomic E-state index is 13.8. The zero-order chi connectivity index (χ0) is 22.1. The van der Waals surface area contributed by atoms with Crippen molar-refractivity contribution in [2.24, 2.45) is 22.0 Å². The minimum atomic E-state index is -0.188. The Bertz CT molecular complexity index is 1180. The monoisotopic (exact) mass is 447 g/mol. The molecule has 3 nitrogen and oxygen atoms in total. The Labute approximate surface area is 193 Å². The first-order valence-corrected chi connectivity index (χ1v) is 11.9. The van der Waals surface area contributed by atoms with Crippen molar-refractivity contribution in [2.75, 3.05) is 0 Å². The first kappa shape index (κ1) is 21.3. The molecule has 32 heavy (non-hydrogen) atoms. The van der Waals surface area contributed by atoms with Crippen molar-refractivity contribution in [3.63, 3.8) is 0 Å². The van der Waals surface area contributed by atoms with Gasteiger partial charge in [0.1, 0.15) is 5.82 Å². The molecule has 1 saturated carbocycles. The van der Waals surface area contributed by atoms with E-state index in [0.717, 1.165) is 52.9 Å². The number of benzene rings is 2. The lowest BCUT2D eigenvalue weighted by atomic mass is 9.72. The van der Waals surface area contributed by atoms with Crippen molar-refractivity contribution in [3.8, 4) is 0 Å². The van der Waals surface area contributed by atoms with Gasteiger partial charge in [0.25, 0.3) is 0 Å². The van der Waals surface area contributed by atoms with Gasteiger partial charge in [-0.2, -0.15) is 10.2 Å². The second-order valence-electron chi connectivity index (χ2n) is 9.25. The van der Waals surface area contributed by atoms with Crippen molar-refractivity contribution in [1.82, 2.24) is 4.98 Å². The van der Waals surface area contributed by atoms with E-state index in [2.05, 4.69) is 28.2 Å². The summed E-state index contributed by atoms with van der Waals surface area (Å²) in [6, 6.07) is 14.8. The van der Waals surface area contributed by atoms with Crippen LogP contribution < -0.4 is 0 Å². The van der Waals surface area contributed by atoms with Gasteiger partial charge >= 0.3 is 0 Å². The molecule has 2 heterocycles. The molecule has 1 aliphatic heterocycles. The van der Waals surface area contributed by atoms with Gasteiger partial charge in [-0.05, 0) is 97.4 Å². The molecular weight excluding hydrogens is 421 g/mol. The number of hydrogen-bond acceptors (Lipinski definition) is 3. The van der Waals surface area contributed by atoms with E-state index in [-0.39, 0.29) is 5.82 Å². The maximum Gasteiger partial charge on any atom is 0.123 e. The highest BCUT2D eigenvalue weighted by molar-refractivity contribution is 6.30. The third kappa shape index (κ3) is 4.47. The first-order valence-electron chi connectivity index (χ1n) is 11.5. The van der Waals surface area contributed by atoms with Gasteiger partial charge < -0.3 is 0 Å². The number of pyridine rings is 1. The van der Waals surface area contributed by atoms with Gasteiger partial charge in [-0.15, -0.1) is 0 Å². The van der Waals surface area contributed by atoms with Gasteiger partial charge in [0.2, 0.25) is 0 Å². The molecule has 1 atom stereocenters. The molecule has 0 radical (unpaired) electrons. The Morgan fingerprint density at radius 3 is 2.56 bits per heavy atom. The lowest BCUT2D eigenvalue weighted by Crippen LogP contribution is -2.21. The highest BCUT2D eigenvalue weighted by Gasteiger charge is 2.28. The molecule has 0 unspecified atom stereocenters. The summed E-state index contributed by atoms with van der Waals surface area (Å²) in [5.41, 5.74) is 5.45. The van der Waals surface area contributed by atoms with E-state index >= 15 is 0 Å². The molecule has 0 bridgehead atoms. The van der Waals surface area contributed by atoms with Crippen LogP contribution in [0.1, 0.15) is 62.5 Å². The molecule has 3 aromatic rings. The van der Waals surface area contributed by atoms with Crippen LogP contribution in [0.3, 0.4) is 0 Å². The lowest BCUT2D eigenvalue weighted by Gasteiger charge is -2.33. The average molecular weight is 448 g/mol. The quantitative estimate of drug-likeness (QED) is 0.397. The molecule has 0 N–H and O–H groups in total. The summed E-state index contributed by atoms with van der Waals surface area (Å²) < 4.78 is 13.8. The summed E-state index contributed by atoms with van der Waals surface area (Å²) in [6.45, 7) is 2.35. The SMILES string of the molecule is C[C@@H](CC1=NN=C(c2ccc(Cl)cc2)C1)C1CCC(c2ccnc3ccc(F)cc23)CC1. The fourth-order valence-electron chi connectivity index (χ4n) is 5.34. The van der Waals surface area contributed by atoms with E-state index in [4.69, 9.17) is 11.6 Å². The van der Waals surface area contributed by atoms with Crippen molar-refractivity contribution in [2.45, 2.75) is 51.4 Å². The molecule has 5 heteroatoms. The van der Waals surface area contributed by atoms with E-state index in [1.165, 1.54) is 30.2 Å². The summed E-state index contributed by atoms with van der Waals surface area (Å²) >= 11 is 6.00. The third-order valence-corrected chi connectivity index (χ3v) is 7.42. The molecule has 2 aromatic carbocycles. The molecule has 1 fully saturated rings. The molecule has 0 spiro atoms. The summed E-state index contributed by atoms with van der Waals surface area (Å²) in [5.74, 6) is 1.57. The predicted molar refractivity (Wildman–Crippen MR) is 130 cm³/mol. The van der Waals surface area contributed by atoms with Crippen molar-refractivity contribution in [1.29, 1.82) is 0 Å². The summed E-state index contributed by atoms with van der Waals surface area (Å²) in [6.07, 6.45) is 8.37. The number of rotatable bonds is 5. The van der Waals surface area contributed by atoms with Gasteiger partial charge in [-0.3, -0.25) is 4.98 Å². The Kier molecular flexibility index (Phi) is 6.05. The Morgan fingerprint density at radius 2 is 1.78 bits per heavy atom. The van der Waals surface area contributed by atoms with E-state index in [1.54, 1.807) is 12.1 Å². The molecular formula is C27H27ClFN3. The van der Waals surface area contributed by atoms with E-state index < -0.39 is 0 Å². The Morgan fingerprint density at radius 1 is 1.00 bits per heavy atom. The van der Waals surface area contributed by atoms with Crippen molar-refractivity contribution < 1.29 is 4.39 Å². The third-order valence-electron chi connectivity index (χ3n) is 7.17. The van der Waals surface area contributed by atoms with Gasteiger partial charge in [-0.1, -0.05) is 30.7 Å². The van der Waals surface area contributed by atoms with Crippen LogP contribution in [-0.4, -0.2) is 16.4 Å². The zero-order valence-corrected chi connectivity index (χ0v) is 19.0. The second kappa shape index (κ2) is 9.11. The fourth-order valence-corrected chi connectivity index (χ4v) is 5.47. The van der Waals surface area contributed by atoms with E-state index in [9.17, 15) is 4.39 Å². The Balaban J connectivity index is 1.18. The van der Waals surface area contributed by atoms with Crippen molar-refractivity contribution >= 4 is 33.9 Å². The zero-order valence-electron chi connectivity index (χ0n) is 18.3. The number of hydrogen-bond donors (Lipinski definition) is 0. The van der Waals surface area contributed by atoms with Crippen LogP contribution in [0.15, 0.2) is 64.9 Å². The highest BCUT2D eigenvalue weighted by atomic mass is 35.5. The molecule has 1 aromatic heterocycles. The van der Waals surface area contributed by atoms with Gasteiger partial charge in [0.05, 0.1) is 11.2 Å². The number of aromatic nitrogens is 1. The average Bonchev–Trinajstić information content (AvgIpc) is 3.27. The van der Waals surface area contributed by atoms with Gasteiger partial charge in [-0.25, -0.2) is 4.39 Å². The topological polar surface area (TPSA) is 37.6 Å². The minimum Gasteiger partial charge on any atom is -0.256 e. The lowest BCUT2D eigenvalue weighted by molar-refractivity contribution is 0.250. The van der Waals surface area contributed by atoms with Crippen LogP contribution in [0, 0.1) is 17.7 Å². The fraction of sp³-hybridized carbons (Fsp3) is 0.370. The Hall–Kier alpha value is -2.59. The van der Waals surface area contributed by atoms with Crippen LogP contribution in [0.2, 0.25) is 5.02 Å². The van der Waals surface area contributed by atoms with Crippen LogP contribution >= 0.6 is 11.6 Å². The molecule has 164 valence electrons. The molecule has 0 amide bonds. The van der Waals surface area contributed by atoms with Crippen LogP contribution in [0.5, 0.6) is 0 Å². The van der Waals surface area contributed by atoms with Crippen molar-refractivity contribution in [3.05, 3.63) is 76.7 Å². The molecule has 0 saturated heterocycles. The van der Waals surface area contributed by atoms with Gasteiger partial charge in [0.15, 0.2) is 0 Å². The smallest absolute Gasteiger partial charge is 0.123 e. The van der Waals surface area contributed by atoms with E-state index in [1.807, 2.05) is 30.5 Å². The standard InChI is InChI=1S/C27H27ClFN3/c1-17(14-23-16-27(32-31-23)20-6-8-21(28)9-7-20)18-2-4-19(5-3-18)24-12-13-30-26-11-10-22(29)15-25(24)26/h6-13,15,17-19H,2-5,14,16H2,1H3/t17-,18?,19?/m0/s1. The predicted octanol–water partition coefficient (Wildman–Crippen LogP) is 7.58. The normalized spacial score (nSPS) is 22.0. The summed E-state index contributed by atoms with van der Waals surface area (Å²) in [4.78, 5) is 4.41. The summed E-state index contributed by atoms with van der Waals surface area (Å²) in [5, 5.41) is 10.6. The van der Waals surface area contributed by atoms with Crippen LogP contribution in [0.25, 0.3) is 10.9 Å². The summed E-state index contributed by atoms with van der Waals surface area (Å²) in [7, 11) is 0. The largest absolute Gasteiger partial charge is 0.256 e. The van der Waals surface area contributed by atoms with Gasteiger partial charge in [0, 0.05) is 28.7 Å². The second-order valence-corrected chi connectivity index (χ2v) is 9.69. The number of nitrogens with zero attached hydrogens (tertiary/aromatic N) is 3. The van der Waals surface area contributed by atoms with Crippen LogP contribution in [-0.2, 0) is 0 Å². The highest BCUT2D eigenvalue weighted by Crippen LogP contribution is 2.41.